The highest BCUT2D eigenvalue weighted by molar-refractivity contribution is 5.58. The van der Waals surface area contributed by atoms with Gasteiger partial charge in [-0.2, -0.15) is 0 Å². The van der Waals surface area contributed by atoms with Gasteiger partial charge in [-0.25, -0.2) is 4.98 Å². The lowest BCUT2D eigenvalue weighted by Gasteiger charge is -2.08. The minimum atomic E-state index is 0.297. The zero-order valence-corrected chi connectivity index (χ0v) is 10.4. The van der Waals surface area contributed by atoms with Crippen molar-refractivity contribution in [2.75, 3.05) is 6.54 Å². The second kappa shape index (κ2) is 5.15. The number of hydrogen-bond acceptors (Lipinski definition) is 2. The highest BCUT2D eigenvalue weighted by Gasteiger charge is 2.05. The number of hydrogen-bond donors (Lipinski definition) is 1. The van der Waals surface area contributed by atoms with Crippen LogP contribution in [0.15, 0.2) is 36.8 Å². The molecule has 0 aliphatic rings. The lowest BCUT2D eigenvalue weighted by atomic mass is 10.1. The highest BCUT2D eigenvalue weighted by atomic mass is 15.1. The third-order valence-electron chi connectivity index (χ3n) is 3.11. The number of rotatable bonds is 4. The molecule has 0 spiro atoms. The highest BCUT2D eigenvalue weighted by Crippen LogP contribution is 2.19. The summed E-state index contributed by atoms with van der Waals surface area (Å²) in [6, 6.07) is 8.85. The monoisotopic (exact) mass is 229 g/mol. The van der Waals surface area contributed by atoms with Gasteiger partial charge in [-0.1, -0.05) is 31.2 Å². The van der Waals surface area contributed by atoms with E-state index in [1.54, 1.807) is 0 Å². The molecule has 17 heavy (non-hydrogen) atoms. The Morgan fingerprint density at radius 1 is 1.29 bits per heavy atom. The fourth-order valence-electron chi connectivity index (χ4n) is 1.76. The first kappa shape index (κ1) is 11.9. The Kier molecular flexibility index (Phi) is 3.59. The van der Waals surface area contributed by atoms with Crippen molar-refractivity contribution in [3.05, 3.63) is 42.4 Å². The van der Waals surface area contributed by atoms with Crippen LogP contribution in [0.4, 0.5) is 0 Å². The van der Waals surface area contributed by atoms with Crippen molar-refractivity contribution in [2.24, 2.45) is 5.73 Å². The zero-order valence-electron chi connectivity index (χ0n) is 10.4. The normalized spacial score (nSPS) is 12.6. The molecule has 1 heterocycles. The van der Waals surface area contributed by atoms with Crippen molar-refractivity contribution >= 4 is 0 Å². The molecule has 0 radical (unpaired) electrons. The third kappa shape index (κ3) is 2.56. The Morgan fingerprint density at radius 2 is 2.00 bits per heavy atom. The van der Waals surface area contributed by atoms with E-state index in [9.17, 15) is 0 Å². The molecule has 0 saturated carbocycles. The molecule has 2 rings (SSSR count). The first-order valence-electron chi connectivity index (χ1n) is 6.07. The maximum atomic E-state index is 5.64. The molecule has 1 aromatic heterocycles. The molecule has 0 fully saturated rings. The Bertz CT molecular complexity index is 470. The van der Waals surface area contributed by atoms with Crippen molar-refractivity contribution in [3.63, 3.8) is 0 Å². The van der Waals surface area contributed by atoms with Crippen molar-refractivity contribution in [1.82, 2.24) is 9.55 Å². The second-order valence-electron chi connectivity index (χ2n) is 4.34. The lowest BCUT2D eigenvalue weighted by molar-refractivity contribution is 0.558. The van der Waals surface area contributed by atoms with Gasteiger partial charge in [-0.05, 0) is 18.9 Å². The molecule has 1 aromatic carbocycles. The molecule has 2 N–H and O–H groups in total. The summed E-state index contributed by atoms with van der Waals surface area (Å²) in [6.07, 6.45) is 4.97. The quantitative estimate of drug-likeness (QED) is 0.875. The van der Waals surface area contributed by atoms with Gasteiger partial charge in [0.15, 0.2) is 0 Å². The molecule has 0 unspecified atom stereocenters. The van der Waals surface area contributed by atoms with Gasteiger partial charge in [0.05, 0.1) is 12.0 Å². The number of nitrogens with zero attached hydrogens (tertiary/aromatic N) is 2. The van der Waals surface area contributed by atoms with E-state index in [2.05, 4.69) is 53.9 Å². The van der Waals surface area contributed by atoms with E-state index in [4.69, 9.17) is 5.73 Å². The summed E-state index contributed by atoms with van der Waals surface area (Å²) in [5.74, 6) is 0. The van der Waals surface area contributed by atoms with Gasteiger partial charge in [0.2, 0.25) is 0 Å². The first-order valence-corrected chi connectivity index (χ1v) is 6.07. The molecule has 0 aliphatic heterocycles. The summed E-state index contributed by atoms with van der Waals surface area (Å²) in [7, 11) is 0. The van der Waals surface area contributed by atoms with Gasteiger partial charge < -0.3 is 10.3 Å². The van der Waals surface area contributed by atoms with Gasteiger partial charge in [-0.15, -0.1) is 0 Å². The van der Waals surface area contributed by atoms with Gasteiger partial charge in [0.1, 0.15) is 0 Å². The van der Waals surface area contributed by atoms with Crippen LogP contribution in [0, 0.1) is 0 Å². The fraction of sp³-hybridized carbons (Fsp3) is 0.357. The lowest BCUT2D eigenvalue weighted by Crippen LogP contribution is -2.14. The summed E-state index contributed by atoms with van der Waals surface area (Å²) in [5, 5.41) is 0. The van der Waals surface area contributed by atoms with E-state index in [-0.39, 0.29) is 0 Å². The van der Waals surface area contributed by atoms with Crippen molar-refractivity contribution < 1.29 is 0 Å². The van der Waals surface area contributed by atoms with Crippen molar-refractivity contribution in [3.8, 4) is 11.3 Å². The molecule has 0 bridgehead atoms. The maximum absolute atomic E-state index is 5.64. The Morgan fingerprint density at radius 3 is 2.59 bits per heavy atom. The average Bonchev–Trinajstić information content (AvgIpc) is 2.87. The van der Waals surface area contributed by atoms with Crippen LogP contribution in [0.2, 0.25) is 0 Å². The average molecular weight is 229 g/mol. The van der Waals surface area contributed by atoms with Crippen LogP contribution < -0.4 is 5.73 Å². The molecule has 3 nitrogen and oxygen atoms in total. The molecule has 3 heteroatoms. The molecule has 1 atom stereocenters. The minimum Gasteiger partial charge on any atom is -0.333 e. The Hall–Kier alpha value is -1.61. The van der Waals surface area contributed by atoms with Crippen LogP contribution >= 0.6 is 0 Å². The first-order chi connectivity index (χ1) is 8.24. The second-order valence-corrected chi connectivity index (χ2v) is 4.34. The number of imidazole rings is 1. The third-order valence-corrected chi connectivity index (χ3v) is 3.11. The predicted octanol–water partition coefficient (Wildman–Crippen LogP) is 2.63. The van der Waals surface area contributed by atoms with Crippen molar-refractivity contribution in [1.29, 1.82) is 0 Å². The number of aryl methyl sites for hydroxylation is 1. The van der Waals surface area contributed by atoms with Crippen LogP contribution in [-0.4, -0.2) is 16.1 Å². The van der Waals surface area contributed by atoms with Gasteiger partial charge in [-0.3, -0.25) is 0 Å². The van der Waals surface area contributed by atoms with E-state index >= 15 is 0 Å². The molecular formula is C14H19N3. The molecule has 2 aromatic rings. The topological polar surface area (TPSA) is 43.8 Å². The van der Waals surface area contributed by atoms with Gasteiger partial charge in [0.25, 0.3) is 0 Å². The zero-order chi connectivity index (χ0) is 12.3. The summed E-state index contributed by atoms with van der Waals surface area (Å²) in [4.78, 5) is 4.42. The number of aromatic nitrogens is 2. The Balaban J connectivity index is 2.24. The van der Waals surface area contributed by atoms with Gasteiger partial charge in [0, 0.05) is 24.3 Å². The summed E-state index contributed by atoms with van der Waals surface area (Å²) in [5.41, 5.74) is 9.16. The Labute approximate surface area is 102 Å². The fourth-order valence-corrected chi connectivity index (χ4v) is 1.76. The maximum Gasteiger partial charge on any atom is 0.0956 e. The SMILES string of the molecule is CCc1ccc(-c2cn([C@H](C)CN)cn2)cc1. The van der Waals surface area contributed by atoms with Gasteiger partial charge >= 0.3 is 0 Å². The molecule has 90 valence electrons. The number of benzene rings is 1. The molecular weight excluding hydrogens is 210 g/mol. The van der Waals surface area contributed by atoms with Crippen LogP contribution in [0.3, 0.4) is 0 Å². The van der Waals surface area contributed by atoms with Crippen molar-refractivity contribution in [2.45, 2.75) is 26.3 Å². The molecule has 0 aliphatic carbocycles. The number of nitrogens with two attached hydrogens (primary N) is 1. The van der Waals surface area contributed by atoms with E-state index < -0.39 is 0 Å². The van der Waals surface area contributed by atoms with E-state index in [1.807, 2.05) is 6.33 Å². The summed E-state index contributed by atoms with van der Waals surface area (Å²) < 4.78 is 2.06. The summed E-state index contributed by atoms with van der Waals surface area (Å²) in [6.45, 7) is 4.88. The largest absolute Gasteiger partial charge is 0.333 e. The van der Waals surface area contributed by atoms with Crippen LogP contribution in [-0.2, 0) is 6.42 Å². The molecule has 0 amide bonds. The van der Waals surface area contributed by atoms with E-state index in [0.717, 1.165) is 17.7 Å². The van der Waals surface area contributed by atoms with Crippen LogP contribution in [0.5, 0.6) is 0 Å². The predicted molar refractivity (Wildman–Crippen MR) is 70.8 cm³/mol. The minimum absolute atomic E-state index is 0.297. The van der Waals surface area contributed by atoms with E-state index in [1.165, 1.54) is 5.56 Å². The van der Waals surface area contributed by atoms with Crippen LogP contribution in [0.25, 0.3) is 11.3 Å². The van der Waals surface area contributed by atoms with Crippen LogP contribution in [0.1, 0.15) is 25.5 Å². The standard InChI is InChI=1S/C14H19N3/c1-3-12-4-6-13(7-5-12)14-9-17(10-16-14)11(2)8-15/h4-7,9-11H,3,8,15H2,1-2H3/t11-/m1/s1. The molecule has 0 saturated heterocycles. The summed E-state index contributed by atoms with van der Waals surface area (Å²) >= 11 is 0. The van der Waals surface area contributed by atoms with E-state index in [0.29, 0.717) is 12.6 Å². The smallest absolute Gasteiger partial charge is 0.0956 e.